The number of hydrogen-bond donors (Lipinski definition) is 2. The van der Waals surface area contributed by atoms with Gasteiger partial charge < -0.3 is 14.9 Å². The number of phenols is 1. The summed E-state index contributed by atoms with van der Waals surface area (Å²) in [5, 5.41) is 21.4. The lowest BCUT2D eigenvalue weighted by molar-refractivity contribution is -0.132. The number of halogens is 1. The number of carbonyl (C=O) groups is 2. The Morgan fingerprint density at radius 2 is 1.71 bits per heavy atom. The zero-order valence-corrected chi connectivity index (χ0v) is 17.2. The van der Waals surface area contributed by atoms with E-state index in [0.717, 1.165) is 0 Å². The number of aliphatic hydroxyl groups excluding tert-OH is 1. The number of nitrogens with zero attached hydrogens (tertiary/aromatic N) is 1. The number of aliphatic hydroxyl groups is 1. The first-order valence-electron chi connectivity index (χ1n) is 9.40. The monoisotopic (exact) mass is 435 g/mol. The number of phenolic OH excluding ortho intramolecular Hbond substituents is 1. The molecule has 1 aliphatic rings. The van der Waals surface area contributed by atoms with E-state index >= 15 is 0 Å². The van der Waals surface area contributed by atoms with E-state index in [1.54, 1.807) is 54.6 Å². The molecule has 0 spiro atoms. The molecule has 7 heteroatoms. The second-order valence-electron chi connectivity index (χ2n) is 6.97. The van der Waals surface area contributed by atoms with Gasteiger partial charge in [-0.15, -0.1) is 0 Å². The Kier molecular flexibility index (Phi) is 5.40. The molecule has 1 atom stereocenters. The molecule has 156 valence electrons. The van der Waals surface area contributed by atoms with E-state index in [-0.39, 0.29) is 17.1 Å². The normalized spacial score (nSPS) is 17.7. The highest BCUT2D eigenvalue weighted by atomic mass is 35.5. The number of ketones is 1. The van der Waals surface area contributed by atoms with Crippen LogP contribution in [0.3, 0.4) is 0 Å². The van der Waals surface area contributed by atoms with E-state index in [0.29, 0.717) is 27.6 Å². The van der Waals surface area contributed by atoms with E-state index in [1.165, 1.54) is 30.2 Å². The molecule has 0 aromatic heterocycles. The van der Waals surface area contributed by atoms with Gasteiger partial charge in [0.25, 0.3) is 11.7 Å². The molecule has 31 heavy (non-hydrogen) atoms. The minimum atomic E-state index is -0.945. The Labute approximate surface area is 183 Å². The third kappa shape index (κ3) is 3.73. The molecule has 0 radical (unpaired) electrons. The molecule has 1 amide bonds. The highest BCUT2D eigenvalue weighted by Crippen LogP contribution is 2.43. The van der Waals surface area contributed by atoms with Gasteiger partial charge in [-0.3, -0.25) is 14.5 Å². The highest BCUT2D eigenvalue weighted by Gasteiger charge is 2.47. The van der Waals surface area contributed by atoms with Crippen LogP contribution in [-0.2, 0) is 9.59 Å². The molecule has 6 nitrogen and oxygen atoms in total. The summed E-state index contributed by atoms with van der Waals surface area (Å²) < 4.78 is 5.17. The standard InChI is InChI=1S/C24H18ClNO5/c1-31-19-10-8-17(9-11-19)26-21(14-4-3-7-18(27)13-14)20(23(29)24(26)30)22(28)15-5-2-6-16(25)12-15/h2-13,21,27-28H,1H3/b22-20-. The number of carbonyl (C=O) groups excluding carboxylic acids is 2. The topological polar surface area (TPSA) is 87.1 Å². The summed E-state index contributed by atoms with van der Waals surface area (Å²) in [6, 6.07) is 18.3. The molecule has 1 heterocycles. The number of anilines is 1. The van der Waals surface area contributed by atoms with E-state index in [9.17, 15) is 19.8 Å². The third-order valence-corrected chi connectivity index (χ3v) is 5.31. The van der Waals surface area contributed by atoms with Crippen molar-refractivity contribution >= 4 is 34.7 Å². The zero-order valence-electron chi connectivity index (χ0n) is 16.4. The molecule has 0 aliphatic carbocycles. The summed E-state index contributed by atoms with van der Waals surface area (Å²) in [6.07, 6.45) is 0. The molecule has 4 rings (SSSR count). The van der Waals surface area contributed by atoms with Crippen molar-refractivity contribution in [2.75, 3.05) is 12.0 Å². The minimum absolute atomic E-state index is 0.0272. The van der Waals surface area contributed by atoms with Gasteiger partial charge in [-0.1, -0.05) is 35.9 Å². The maximum atomic E-state index is 13.1. The van der Waals surface area contributed by atoms with Crippen molar-refractivity contribution in [1.29, 1.82) is 0 Å². The predicted octanol–water partition coefficient (Wildman–Crippen LogP) is 4.68. The Balaban J connectivity index is 1.94. The number of amides is 1. The fraction of sp³-hybridized carbons (Fsp3) is 0.0833. The summed E-state index contributed by atoms with van der Waals surface area (Å²) in [4.78, 5) is 27.4. The molecule has 2 N–H and O–H groups in total. The van der Waals surface area contributed by atoms with E-state index < -0.39 is 17.7 Å². The van der Waals surface area contributed by atoms with Crippen molar-refractivity contribution in [1.82, 2.24) is 0 Å². The van der Waals surface area contributed by atoms with Gasteiger partial charge in [0.2, 0.25) is 0 Å². The zero-order chi connectivity index (χ0) is 22.1. The van der Waals surface area contributed by atoms with Gasteiger partial charge in [0, 0.05) is 16.3 Å². The number of ether oxygens (including phenoxy) is 1. The van der Waals surface area contributed by atoms with Gasteiger partial charge in [0.1, 0.15) is 17.3 Å². The molecule has 3 aromatic rings. The molecule has 0 bridgehead atoms. The molecule has 1 unspecified atom stereocenters. The summed E-state index contributed by atoms with van der Waals surface area (Å²) in [5.74, 6) is -1.40. The summed E-state index contributed by atoms with van der Waals surface area (Å²) in [5.41, 5.74) is 1.14. The van der Waals surface area contributed by atoms with Gasteiger partial charge in [0.05, 0.1) is 18.7 Å². The van der Waals surface area contributed by atoms with Gasteiger partial charge in [0.15, 0.2) is 0 Å². The Morgan fingerprint density at radius 3 is 2.35 bits per heavy atom. The van der Waals surface area contributed by atoms with Crippen LogP contribution in [0.4, 0.5) is 5.69 Å². The van der Waals surface area contributed by atoms with Crippen molar-refractivity contribution in [3.63, 3.8) is 0 Å². The van der Waals surface area contributed by atoms with Crippen LogP contribution >= 0.6 is 11.6 Å². The number of methoxy groups -OCH3 is 1. The molecule has 0 saturated carbocycles. The molecular weight excluding hydrogens is 418 g/mol. The number of Topliss-reactive ketones (excluding diaryl/α,β-unsaturated/α-hetero) is 1. The smallest absolute Gasteiger partial charge is 0.300 e. The van der Waals surface area contributed by atoms with Crippen LogP contribution in [0.2, 0.25) is 5.02 Å². The first-order valence-corrected chi connectivity index (χ1v) is 9.78. The van der Waals surface area contributed by atoms with Crippen molar-refractivity contribution < 1.29 is 24.5 Å². The van der Waals surface area contributed by atoms with Crippen LogP contribution in [0, 0.1) is 0 Å². The quantitative estimate of drug-likeness (QED) is 0.353. The Morgan fingerprint density at radius 1 is 1.00 bits per heavy atom. The van der Waals surface area contributed by atoms with Crippen molar-refractivity contribution in [2.24, 2.45) is 0 Å². The molecule has 1 saturated heterocycles. The highest BCUT2D eigenvalue weighted by molar-refractivity contribution is 6.51. The predicted molar refractivity (Wildman–Crippen MR) is 117 cm³/mol. The second kappa shape index (κ2) is 8.16. The average Bonchev–Trinajstić information content (AvgIpc) is 3.04. The lowest BCUT2D eigenvalue weighted by Crippen LogP contribution is -2.29. The van der Waals surface area contributed by atoms with Crippen molar-refractivity contribution in [3.8, 4) is 11.5 Å². The summed E-state index contributed by atoms with van der Waals surface area (Å²) in [7, 11) is 1.53. The van der Waals surface area contributed by atoms with E-state index in [1.807, 2.05) is 0 Å². The van der Waals surface area contributed by atoms with Crippen LogP contribution in [0.15, 0.2) is 78.4 Å². The van der Waals surface area contributed by atoms with E-state index in [2.05, 4.69) is 0 Å². The number of hydrogen-bond acceptors (Lipinski definition) is 5. The van der Waals surface area contributed by atoms with Crippen LogP contribution in [0.5, 0.6) is 11.5 Å². The third-order valence-electron chi connectivity index (χ3n) is 5.08. The van der Waals surface area contributed by atoms with Crippen LogP contribution < -0.4 is 9.64 Å². The maximum Gasteiger partial charge on any atom is 0.300 e. The first-order chi connectivity index (χ1) is 14.9. The van der Waals surface area contributed by atoms with Crippen LogP contribution in [-0.4, -0.2) is 29.0 Å². The van der Waals surface area contributed by atoms with Gasteiger partial charge in [-0.05, 0) is 54.1 Å². The minimum Gasteiger partial charge on any atom is -0.508 e. The van der Waals surface area contributed by atoms with E-state index in [4.69, 9.17) is 16.3 Å². The van der Waals surface area contributed by atoms with Crippen molar-refractivity contribution in [2.45, 2.75) is 6.04 Å². The largest absolute Gasteiger partial charge is 0.508 e. The summed E-state index contributed by atoms with van der Waals surface area (Å²) in [6.45, 7) is 0. The van der Waals surface area contributed by atoms with Gasteiger partial charge in [-0.25, -0.2) is 0 Å². The fourth-order valence-corrected chi connectivity index (χ4v) is 3.83. The molecule has 1 fully saturated rings. The van der Waals surface area contributed by atoms with Crippen molar-refractivity contribution in [3.05, 3.63) is 94.5 Å². The maximum absolute atomic E-state index is 13.1. The van der Waals surface area contributed by atoms with Gasteiger partial charge in [-0.2, -0.15) is 0 Å². The Hall–Kier alpha value is -3.77. The molecular formula is C24H18ClNO5. The number of aromatic hydroxyl groups is 1. The number of rotatable bonds is 4. The second-order valence-corrected chi connectivity index (χ2v) is 7.41. The lowest BCUT2D eigenvalue weighted by Gasteiger charge is -2.25. The first kappa shape index (κ1) is 20.5. The summed E-state index contributed by atoms with van der Waals surface area (Å²) >= 11 is 6.05. The fourth-order valence-electron chi connectivity index (χ4n) is 3.64. The Bertz CT molecular complexity index is 1200. The molecule has 3 aromatic carbocycles. The molecule has 1 aliphatic heterocycles. The average molecular weight is 436 g/mol. The van der Waals surface area contributed by atoms with Crippen LogP contribution in [0.25, 0.3) is 5.76 Å². The lowest BCUT2D eigenvalue weighted by atomic mass is 9.95. The number of benzene rings is 3. The van der Waals surface area contributed by atoms with Crippen LogP contribution in [0.1, 0.15) is 17.2 Å². The van der Waals surface area contributed by atoms with Gasteiger partial charge >= 0.3 is 0 Å². The SMILES string of the molecule is COc1ccc(N2C(=O)C(=O)/C(=C(\O)c3cccc(Cl)c3)C2c2cccc(O)c2)cc1.